The number of amides is 4. The summed E-state index contributed by atoms with van der Waals surface area (Å²) < 4.78 is 0. The van der Waals surface area contributed by atoms with Gasteiger partial charge in [-0.2, -0.15) is 0 Å². The molecule has 1 aliphatic rings. The minimum atomic E-state index is -1.26. The van der Waals surface area contributed by atoms with Gasteiger partial charge in [-0.05, 0) is 24.5 Å². The van der Waals surface area contributed by atoms with Crippen LogP contribution in [0.15, 0.2) is 30.5 Å². The predicted molar refractivity (Wildman–Crippen MR) is 113 cm³/mol. The highest BCUT2D eigenvalue weighted by Gasteiger charge is 2.32. The second kappa shape index (κ2) is 9.94. The van der Waals surface area contributed by atoms with Gasteiger partial charge in [0.05, 0.1) is 0 Å². The quantitative estimate of drug-likeness (QED) is 0.282. The number of carbonyl (C=O) groups is 5. The first-order valence-corrected chi connectivity index (χ1v) is 10.2. The number of carbonyl (C=O) groups excluding carboxylic acids is 4. The number of rotatable bonds is 10. The van der Waals surface area contributed by atoms with Crippen LogP contribution in [-0.2, 0) is 30.4 Å². The SMILES string of the molecule is NC(=O)CCC(NC(=O)[C@@H]1CCC(=O)N1)C(=O)NC(Cc1c[nH]c2ccccc12)C(=O)O. The molecule has 1 aromatic heterocycles. The number of hydrogen-bond donors (Lipinski definition) is 6. The molecule has 1 aliphatic heterocycles. The number of aliphatic carboxylic acids is 1. The molecule has 1 saturated heterocycles. The highest BCUT2D eigenvalue weighted by Crippen LogP contribution is 2.19. The molecule has 2 unspecified atom stereocenters. The number of fused-ring (bicyclic) bond motifs is 1. The minimum Gasteiger partial charge on any atom is -0.480 e. The lowest BCUT2D eigenvalue weighted by atomic mass is 10.0. The Bertz CT molecular complexity index is 1050. The summed E-state index contributed by atoms with van der Waals surface area (Å²) in [6.07, 6.45) is 1.89. The van der Waals surface area contributed by atoms with Gasteiger partial charge in [0, 0.05) is 36.4 Å². The van der Waals surface area contributed by atoms with Gasteiger partial charge < -0.3 is 31.8 Å². The fourth-order valence-electron chi connectivity index (χ4n) is 3.63. The number of hydrogen-bond acceptors (Lipinski definition) is 5. The van der Waals surface area contributed by atoms with Gasteiger partial charge >= 0.3 is 5.97 Å². The first kappa shape index (κ1) is 22.8. The van der Waals surface area contributed by atoms with Gasteiger partial charge in [0.25, 0.3) is 0 Å². The van der Waals surface area contributed by atoms with Crippen molar-refractivity contribution in [2.75, 3.05) is 0 Å². The Morgan fingerprint density at radius 3 is 2.56 bits per heavy atom. The predicted octanol–water partition coefficient (Wildman–Crippen LogP) is -0.691. The summed E-state index contributed by atoms with van der Waals surface area (Å²) in [6.45, 7) is 0. The second-order valence-electron chi connectivity index (χ2n) is 7.69. The van der Waals surface area contributed by atoms with Crippen LogP contribution in [0.4, 0.5) is 0 Å². The number of nitrogens with one attached hydrogen (secondary N) is 4. The third kappa shape index (κ3) is 5.62. The van der Waals surface area contributed by atoms with E-state index in [-0.39, 0.29) is 38.0 Å². The van der Waals surface area contributed by atoms with Crippen molar-refractivity contribution in [1.82, 2.24) is 20.9 Å². The number of carboxylic acid groups (broad SMARTS) is 1. The summed E-state index contributed by atoms with van der Waals surface area (Å²) in [5.41, 5.74) is 6.71. The van der Waals surface area contributed by atoms with Gasteiger partial charge in [-0.25, -0.2) is 4.79 Å². The largest absolute Gasteiger partial charge is 0.480 e. The van der Waals surface area contributed by atoms with E-state index in [9.17, 15) is 29.1 Å². The van der Waals surface area contributed by atoms with Crippen molar-refractivity contribution < 1.29 is 29.1 Å². The van der Waals surface area contributed by atoms with Crippen LogP contribution < -0.4 is 21.7 Å². The summed E-state index contributed by atoms with van der Waals surface area (Å²) in [5.74, 6) is -3.51. The Balaban J connectivity index is 1.71. The lowest BCUT2D eigenvalue weighted by molar-refractivity contribution is -0.142. The van der Waals surface area contributed by atoms with Crippen molar-refractivity contribution >= 4 is 40.5 Å². The van der Waals surface area contributed by atoms with Gasteiger partial charge in [-0.1, -0.05) is 18.2 Å². The maximum atomic E-state index is 12.8. The zero-order valence-electron chi connectivity index (χ0n) is 17.2. The van der Waals surface area contributed by atoms with Crippen LogP contribution in [0.25, 0.3) is 10.9 Å². The zero-order chi connectivity index (χ0) is 23.3. The number of para-hydroxylation sites is 1. The molecule has 32 heavy (non-hydrogen) atoms. The van der Waals surface area contributed by atoms with E-state index in [1.807, 2.05) is 24.3 Å². The fraction of sp³-hybridized carbons (Fsp3) is 0.381. The highest BCUT2D eigenvalue weighted by atomic mass is 16.4. The van der Waals surface area contributed by atoms with Crippen LogP contribution in [0.1, 0.15) is 31.2 Å². The van der Waals surface area contributed by atoms with Crippen LogP contribution >= 0.6 is 0 Å². The van der Waals surface area contributed by atoms with Gasteiger partial charge in [0.15, 0.2) is 0 Å². The number of primary amides is 1. The van der Waals surface area contributed by atoms with Gasteiger partial charge in [0.1, 0.15) is 18.1 Å². The molecule has 0 spiro atoms. The molecule has 3 atom stereocenters. The molecule has 1 fully saturated rings. The first-order valence-electron chi connectivity index (χ1n) is 10.2. The maximum Gasteiger partial charge on any atom is 0.326 e. The smallest absolute Gasteiger partial charge is 0.326 e. The average Bonchev–Trinajstić information content (AvgIpc) is 3.36. The van der Waals surface area contributed by atoms with E-state index in [0.29, 0.717) is 5.56 Å². The van der Waals surface area contributed by atoms with Crippen LogP contribution in [0.5, 0.6) is 0 Å². The van der Waals surface area contributed by atoms with Crippen LogP contribution in [0, 0.1) is 0 Å². The Hall–Kier alpha value is -3.89. The Morgan fingerprint density at radius 1 is 1.16 bits per heavy atom. The third-order valence-corrected chi connectivity index (χ3v) is 5.34. The molecule has 0 radical (unpaired) electrons. The summed E-state index contributed by atoms with van der Waals surface area (Å²) in [7, 11) is 0. The molecule has 2 aromatic rings. The zero-order valence-corrected chi connectivity index (χ0v) is 17.2. The monoisotopic (exact) mass is 443 g/mol. The number of benzene rings is 1. The lowest BCUT2D eigenvalue weighted by Crippen LogP contribution is -2.55. The number of H-pyrrole nitrogens is 1. The fourth-order valence-corrected chi connectivity index (χ4v) is 3.63. The van der Waals surface area contributed by atoms with E-state index < -0.39 is 41.8 Å². The summed E-state index contributed by atoms with van der Waals surface area (Å²) >= 11 is 0. The van der Waals surface area contributed by atoms with Crippen molar-refractivity contribution in [3.8, 4) is 0 Å². The van der Waals surface area contributed by atoms with Gasteiger partial charge in [0.2, 0.25) is 23.6 Å². The molecule has 0 bridgehead atoms. The Morgan fingerprint density at radius 2 is 1.91 bits per heavy atom. The molecule has 1 aromatic carbocycles. The molecule has 170 valence electrons. The number of aromatic nitrogens is 1. The average molecular weight is 443 g/mol. The standard InChI is InChI=1S/C21H25N5O6/c22-17(27)7-5-15(25-19(29)14-6-8-18(28)24-14)20(30)26-16(21(31)32)9-11-10-23-13-4-2-1-3-12(11)13/h1-4,10,14-16,23H,5-9H2,(H2,22,27)(H,24,28)(H,25,29)(H,26,30)(H,31,32)/t14-,15?,16?/m0/s1. The van der Waals surface area contributed by atoms with E-state index >= 15 is 0 Å². The van der Waals surface area contributed by atoms with Crippen LogP contribution in [0.2, 0.25) is 0 Å². The molecule has 0 aliphatic carbocycles. The molecular formula is C21H25N5O6. The molecule has 4 amide bonds. The summed E-state index contributed by atoms with van der Waals surface area (Å²) in [5, 5.41) is 17.9. The summed E-state index contributed by atoms with van der Waals surface area (Å²) in [4.78, 5) is 62.7. The van der Waals surface area contributed by atoms with E-state index in [4.69, 9.17) is 5.73 Å². The number of nitrogens with two attached hydrogens (primary N) is 1. The van der Waals surface area contributed by atoms with Crippen molar-refractivity contribution in [2.24, 2.45) is 5.73 Å². The second-order valence-corrected chi connectivity index (χ2v) is 7.69. The topological polar surface area (TPSA) is 183 Å². The van der Waals surface area contributed by atoms with Crippen LogP contribution in [0.3, 0.4) is 0 Å². The molecule has 7 N–H and O–H groups in total. The van der Waals surface area contributed by atoms with E-state index in [1.54, 1.807) is 6.20 Å². The number of aromatic amines is 1. The number of carboxylic acids is 1. The van der Waals surface area contributed by atoms with Crippen molar-refractivity contribution in [3.05, 3.63) is 36.0 Å². The normalized spacial score (nSPS) is 17.4. The molecule has 2 heterocycles. The van der Waals surface area contributed by atoms with Crippen molar-refractivity contribution in [1.29, 1.82) is 0 Å². The van der Waals surface area contributed by atoms with E-state index in [1.165, 1.54) is 0 Å². The third-order valence-electron chi connectivity index (χ3n) is 5.34. The van der Waals surface area contributed by atoms with Crippen LogP contribution in [-0.4, -0.2) is 57.8 Å². The molecular weight excluding hydrogens is 418 g/mol. The summed E-state index contributed by atoms with van der Waals surface area (Å²) in [6, 6.07) is 4.13. The minimum absolute atomic E-state index is 0.0141. The lowest BCUT2D eigenvalue weighted by Gasteiger charge is -2.22. The van der Waals surface area contributed by atoms with Gasteiger partial charge in [-0.15, -0.1) is 0 Å². The molecule has 0 saturated carbocycles. The van der Waals surface area contributed by atoms with E-state index in [2.05, 4.69) is 20.9 Å². The van der Waals surface area contributed by atoms with Crippen molar-refractivity contribution in [2.45, 2.75) is 50.2 Å². The molecule has 3 rings (SSSR count). The Kier molecular flexibility index (Phi) is 7.08. The molecule has 11 heteroatoms. The van der Waals surface area contributed by atoms with Crippen molar-refractivity contribution in [3.63, 3.8) is 0 Å². The molecule has 11 nitrogen and oxygen atoms in total. The van der Waals surface area contributed by atoms with E-state index in [0.717, 1.165) is 10.9 Å². The Labute approximate surface area is 183 Å². The first-order chi connectivity index (χ1) is 15.2. The highest BCUT2D eigenvalue weighted by molar-refractivity contribution is 5.95. The maximum absolute atomic E-state index is 12.8. The van der Waals surface area contributed by atoms with Gasteiger partial charge in [-0.3, -0.25) is 19.2 Å².